The van der Waals surface area contributed by atoms with Crippen molar-refractivity contribution in [3.63, 3.8) is 0 Å². The maximum Gasteiger partial charge on any atom is 0.267 e. The molecule has 2 heterocycles. The number of para-hydroxylation sites is 1. The Morgan fingerprint density at radius 3 is 2.49 bits per heavy atom. The minimum atomic E-state index is -0.125. The molecule has 7 heteroatoms. The fraction of sp³-hybridized carbons (Fsp3) is 0.222. The summed E-state index contributed by atoms with van der Waals surface area (Å²) in [4.78, 5) is 31.3. The van der Waals surface area contributed by atoms with Crippen molar-refractivity contribution in [2.45, 2.75) is 19.5 Å². The van der Waals surface area contributed by atoms with Gasteiger partial charge in [0.25, 0.3) is 11.8 Å². The van der Waals surface area contributed by atoms with Gasteiger partial charge in [0.05, 0.1) is 20.2 Å². The number of nitrogens with zero attached hydrogens (tertiary/aromatic N) is 3. The van der Waals surface area contributed by atoms with Crippen LogP contribution < -0.4 is 15.0 Å². The second kappa shape index (κ2) is 12.2. The molecule has 4 aromatic carbocycles. The van der Waals surface area contributed by atoms with Gasteiger partial charge in [-0.25, -0.2) is 0 Å². The number of carbonyl (C=O) groups excluding carboxylic acids is 2. The lowest BCUT2D eigenvalue weighted by Gasteiger charge is -2.23. The molecule has 0 saturated carbocycles. The summed E-state index contributed by atoms with van der Waals surface area (Å²) in [5, 5.41) is 5.33. The number of benzene rings is 4. The zero-order chi connectivity index (χ0) is 29.9. The van der Waals surface area contributed by atoms with Gasteiger partial charge in [-0.1, -0.05) is 60.7 Å². The standard InChI is InChI=1S/C36H36N4O3/c1-38(2)21-9-20-37-35(41)33-19-17-28-24-40(32-15-7-5-11-27(32)23-39(28)33)36(42)26-16-18-31(34(22-26)43-3)30-14-8-12-25-10-4-6-13-29(25)30/h4-8,10-19,22H,9,20-21,23-24H2,1-3H3,(H,37,41). The Morgan fingerprint density at radius 1 is 0.860 bits per heavy atom. The highest BCUT2D eigenvalue weighted by molar-refractivity contribution is 6.08. The smallest absolute Gasteiger partial charge is 0.267 e. The first kappa shape index (κ1) is 28.2. The fourth-order valence-electron chi connectivity index (χ4n) is 5.89. The van der Waals surface area contributed by atoms with E-state index in [0.717, 1.165) is 51.8 Å². The molecule has 0 spiro atoms. The lowest BCUT2D eigenvalue weighted by atomic mass is 9.96. The summed E-state index contributed by atoms with van der Waals surface area (Å²) in [6, 6.07) is 31.9. The molecule has 0 aliphatic carbocycles. The van der Waals surface area contributed by atoms with Crippen molar-refractivity contribution in [2.75, 3.05) is 39.2 Å². The van der Waals surface area contributed by atoms with Crippen molar-refractivity contribution < 1.29 is 14.3 Å². The third kappa shape index (κ3) is 5.64. The molecule has 1 N–H and O–H groups in total. The molecule has 0 fully saturated rings. The Labute approximate surface area is 252 Å². The van der Waals surface area contributed by atoms with Gasteiger partial charge in [0.1, 0.15) is 11.4 Å². The van der Waals surface area contributed by atoms with Crippen LogP contribution in [0.2, 0.25) is 0 Å². The van der Waals surface area contributed by atoms with Crippen LogP contribution in [0, 0.1) is 0 Å². The van der Waals surface area contributed by atoms with E-state index in [0.29, 0.717) is 36.6 Å². The third-order valence-electron chi connectivity index (χ3n) is 8.08. The highest BCUT2D eigenvalue weighted by Gasteiger charge is 2.28. The van der Waals surface area contributed by atoms with Crippen molar-refractivity contribution in [3.8, 4) is 16.9 Å². The van der Waals surface area contributed by atoms with Crippen LogP contribution in [-0.4, -0.2) is 55.6 Å². The summed E-state index contributed by atoms with van der Waals surface area (Å²) < 4.78 is 7.86. The number of carbonyl (C=O) groups is 2. The molecular weight excluding hydrogens is 536 g/mol. The molecule has 0 atom stereocenters. The highest BCUT2D eigenvalue weighted by atomic mass is 16.5. The Morgan fingerprint density at radius 2 is 1.65 bits per heavy atom. The summed E-state index contributed by atoms with van der Waals surface area (Å²) in [5.74, 6) is 0.414. The van der Waals surface area contributed by atoms with Crippen LogP contribution in [-0.2, 0) is 13.1 Å². The maximum absolute atomic E-state index is 14.2. The van der Waals surface area contributed by atoms with Crippen LogP contribution in [0.4, 0.5) is 5.69 Å². The molecule has 1 aliphatic heterocycles. The Kier molecular flexibility index (Phi) is 7.99. The van der Waals surface area contributed by atoms with Gasteiger partial charge in [0.2, 0.25) is 0 Å². The lowest BCUT2D eigenvalue weighted by molar-refractivity contribution is 0.0942. The van der Waals surface area contributed by atoms with Crippen LogP contribution in [0.3, 0.4) is 0 Å². The van der Waals surface area contributed by atoms with Gasteiger partial charge < -0.3 is 24.4 Å². The predicted molar refractivity (Wildman–Crippen MR) is 172 cm³/mol. The average molecular weight is 573 g/mol. The largest absolute Gasteiger partial charge is 0.496 e. The molecule has 0 saturated heterocycles. The van der Waals surface area contributed by atoms with E-state index < -0.39 is 0 Å². The number of ether oxygens (including phenoxy) is 1. The molecule has 5 aromatic rings. The summed E-state index contributed by atoms with van der Waals surface area (Å²) in [6.07, 6.45) is 0.875. The molecule has 218 valence electrons. The van der Waals surface area contributed by atoms with E-state index >= 15 is 0 Å². The number of aromatic nitrogens is 1. The maximum atomic E-state index is 14.2. The van der Waals surface area contributed by atoms with E-state index in [4.69, 9.17) is 4.74 Å². The van der Waals surface area contributed by atoms with Gasteiger partial charge in [-0.3, -0.25) is 9.59 Å². The molecule has 0 bridgehead atoms. The third-order valence-corrected chi connectivity index (χ3v) is 8.08. The van der Waals surface area contributed by atoms with E-state index in [1.54, 1.807) is 12.0 Å². The van der Waals surface area contributed by atoms with E-state index in [2.05, 4.69) is 34.5 Å². The van der Waals surface area contributed by atoms with Crippen LogP contribution in [0.25, 0.3) is 21.9 Å². The molecule has 0 radical (unpaired) electrons. The molecule has 2 amide bonds. The van der Waals surface area contributed by atoms with Gasteiger partial charge in [0, 0.05) is 29.1 Å². The van der Waals surface area contributed by atoms with E-state index in [9.17, 15) is 9.59 Å². The number of fused-ring (bicyclic) bond motifs is 3. The Hall–Kier alpha value is -4.88. The number of rotatable bonds is 8. The molecular formula is C36H36N4O3. The fourth-order valence-corrected chi connectivity index (χ4v) is 5.89. The molecule has 43 heavy (non-hydrogen) atoms. The van der Waals surface area contributed by atoms with Crippen molar-refractivity contribution in [1.82, 2.24) is 14.8 Å². The van der Waals surface area contributed by atoms with Crippen molar-refractivity contribution in [2.24, 2.45) is 0 Å². The summed E-state index contributed by atoms with van der Waals surface area (Å²) in [5.41, 5.74) is 5.85. The first-order valence-electron chi connectivity index (χ1n) is 14.6. The second-order valence-electron chi connectivity index (χ2n) is 11.2. The van der Waals surface area contributed by atoms with Crippen LogP contribution in [0.1, 0.15) is 38.5 Å². The topological polar surface area (TPSA) is 66.8 Å². The minimum absolute atomic E-state index is 0.101. The number of amides is 2. The molecule has 1 aromatic heterocycles. The first-order chi connectivity index (χ1) is 20.9. The van der Waals surface area contributed by atoms with E-state index in [1.807, 2.05) is 91.5 Å². The van der Waals surface area contributed by atoms with Gasteiger partial charge in [-0.15, -0.1) is 0 Å². The summed E-state index contributed by atoms with van der Waals surface area (Å²) in [7, 11) is 5.68. The number of methoxy groups -OCH3 is 1. The number of hydrogen-bond donors (Lipinski definition) is 1. The predicted octanol–water partition coefficient (Wildman–Crippen LogP) is 6.21. The van der Waals surface area contributed by atoms with Gasteiger partial charge in [0.15, 0.2) is 0 Å². The lowest BCUT2D eigenvalue weighted by Crippen LogP contribution is -2.31. The molecule has 7 nitrogen and oxygen atoms in total. The average Bonchev–Trinajstić information content (AvgIpc) is 3.35. The molecule has 1 aliphatic rings. The normalized spacial score (nSPS) is 12.5. The second-order valence-corrected chi connectivity index (χ2v) is 11.2. The number of nitrogens with one attached hydrogen (secondary N) is 1. The monoisotopic (exact) mass is 572 g/mol. The summed E-state index contributed by atoms with van der Waals surface area (Å²) in [6.45, 7) is 2.36. The van der Waals surface area contributed by atoms with Crippen molar-refractivity contribution >= 4 is 28.3 Å². The van der Waals surface area contributed by atoms with Crippen LogP contribution in [0.5, 0.6) is 5.75 Å². The van der Waals surface area contributed by atoms with Crippen molar-refractivity contribution in [3.05, 3.63) is 120 Å². The quantitative estimate of drug-likeness (QED) is 0.225. The van der Waals surface area contributed by atoms with Gasteiger partial charge >= 0.3 is 0 Å². The summed E-state index contributed by atoms with van der Waals surface area (Å²) >= 11 is 0. The SMILES string of the molecule is COc1cc(C(=O)N2Cc3ccc(C(=O)NCCCN(C)C)n3Cc3ccccc32)ccc1-c1cccc2ccccc12. The van der Waals surface area contributed by atoms with E-state index in [1.165, 1.54) is 0 Å². The zero-order valence-corrected chi connectivity index (χ0v) is 24.8. The number of hydrogen-bond acceptors (Lipinski definition) is 4. The van der Waals surface area contributed by atoms with Crippen LogP contribution in [0.15, 0.2) is 97.1 Å². The van der Waals surface area contributed by atoms with Gasteiger partial charge in [-0.2, -0.15) is 0 Å². The Balaban J connectivity index is 1.32. The molecule has 0 unspecified atom stereocenters. The Bertz CT molecular complexity index is 1800. The number of anilines is 1. The molecule has 6 rings (SSSR count). The minimum Gasteiger partial charge on any atom is -0.496 e. The zero-order valence-electron chi connectivity index (χ0n) is 24.8. The van der Waals surface area contributed by atoms with Gasteiger partial charge in [-0.05, 0) is 85.4 Å². The first-order valence-corrected chi connectivity index (χ1v) is 14.6. The van der Waals surface area contributed by atoms with E-state index in [-0.39, 0.29) is 11.8 Å². The highest BCUT2D eigenvalue weighted by Crippen LogP contribution is 2.37. The van der Waals surface area contributed by atoms with Crippen LogP contribution >= 0.6 is 0 Å². The van der Waals surface area contributed by atoms with Crippen molar-refractivity contribution in [1.29, 1.82) is 0 Å².